The second-order valence-corrected chi connectivity index (χ2v) is 8.46. The molecule has 4 rings (SSSR count). The van der Waals surface area contributed by atoms with E-state index in [4.69, 9.17) is 0 Å². The minimum atomic E-state index is -0.154. The predicted molar refractivity (Wildman–Crippen MR) is 128 cm³/mol. The van der Waals surface area contributed by atoms with Gasteiger partial charge in [-0.3, -0.25) is 19.7 Å². The summed E-state index contributed by atoms with van der Waals surface area (Å²) in [5, 5.41) is 3.23. The van der Waals surface area contributed by atoms with Crippen LogP contribution in [0.25, 0.3) is 6.08 Å². The van der Waals surface area contributed by atoms with Crippen LogP contribution in [0.1, 0.15) is 47.6 Å². The Labute approximate surface area is 190 Å². The molecule has 0 bridgehead atoms. The van der Waals surface area contributed by atoms with E-state index in [-0.39, 0.29) is 17.9 Å². The number of nitrogens with one attached hydrogen (secondary N) is 1. The molecule has 0 radical (unpaired) electrons. The van der Waals surface area contributed by atoms with Crippen molar-refractivity contribution in [3.8, 4) is 0 Å². The second kappa shape index (κ2) is 10.8. The number of rotatable bonds is 7. The smallest absolute Gasteiger partial charge is 0.270 e. The number of amides is 1. The fourth-order valence-corrected chi connectivity index (χ4v) is 4.44. The van der Waals surface area contributed by atoms with Crippen molar-refractivity contribution in [2.45, 2.75) is 25.8 Å². The van der Waals surface area contributed by atoms with Gasteiger partial charge in [-0.25, -0.2) is 0 Å². The molecule has 5 heteroatoms. The highest BCUT2D eigenvalue weighted by atomic mass is 16.1. The molecule has 1 aliphatic heterocycles. The SMILES string of the molecule is C/C(=C\c1ccccc1)CN1CCC[C@H]([C@H](NC(=O)c2ccccn2)c2ccccn2)C1. The molecule has 1 N–H and O–H groups in total. The summed E-state index contributed by atoms with van der Waals surface area (Å²) in [4.78, 5) is 24.2. The van der Waals surface area contributed by atoms with Crippen molar-refractivity contribution in [3.05, 3.63) is 102 Å². The van der Waals surface area contributed by atoms with Crippen molar-refractivity contribution in [2.24, 2.45) is 5.92 Å². The van der Waals surface area contributed by atoms with Gasteiger partial charge in [0.2, 0.25) is 0 Å². The third-order valence-corrected chi connectivity index (χ3v) is 5.89. The zero-order chi connectivity index (χ0) is 22.2. The molecule has 1 aromatic carbocycles. The second-order valence-electron chi connectivity index (χ2n) is 8.46. The quantitative estimate of drug-likeness (QED) is 0.592. The van der Waals surface area contributed by atoms with Gasteiger partial charge < -0.3 is 5.32 Å². The number of hydrogen-bond donors (Lipinski definition) is 1. The average molecular weight is 427 g/mol. The van der Waals surface area contributed by atoms with Gasteiger partial charge in [-0.05, 0) is 62.1 Å². The predicted octanol–water partition coefficient (Wildman–Crippen LogP) is 4.76. The Bertz CT molecular complexity index is 1020. The molecule has 1 saturated heterocycles. The third-order valence-electron chi connectivity index (χ3n) is 5.89. The topological polar surface area (TPSA) is 58.1 Å². The Balaban J connectivity index is 1.48. The summed E-state index contributed by atoms with van der Waals surface area (Å²) in [6.07, 6.45) is 7.86. The molecule has 0 aliphatic carbocycles. The van der Waals surface area contributed by atoms with Crippen LogP contribution in [0, 0.1) is 5.92 Å². The van der Waals surface area contributed by atoms with Crippen molar-refractivity contribution in [2.75, 3.05) is 19.6 Å². The van der Waals surface area contributed by atoms with E-state index >= 15 is 0 Å². The first kappa shape index (κ1) is 21.9. The van der Waals surface area contributed by atoms with Crippen LogP contribution in [0.5, 0.6) is 0 Å². The Morgan fingerprint density at radius 3 is 2.53 bits per heavy atom. The van der Waals surface area contributed by atoms with Crippen molar-refractivity contribution in [1.82, 2.24) is 20.2 Å². The van der Waals surface area contributed by atoms with E-state index in [0.717, 1.165) is 38.2 Å². The van der Waals surface area contributed by atoms with E-state index in [2.05, 4.69) is 57.4 Å². The van der Waals surface area contributed by atoms with Gasteiger partial charge in [0, 0.05) is 25.5 Å². The Hall–Kier alpha value is -3.31. The lowest BCUT2D eigenvalue weighted by Crippen LogP contribution is -2.43. The summed E-state index contributed by atoms with van der Waals surface area (Å²) in [5.74, 6) is 0.134. The van der Waals surface area contributed by atoms with E-state index < -0.39 is 0 Å². The van der Waals surface area contributed by atoms with E-state index in [1.54, 1.807) is 18.5 Å². The van der Waals surface area contributed by atoms with E-state index in [1.807, 2.05) is 36.4 Å². The van der Waals surface area contributed by atoms with Crippen molar-refractivity contribution >= 4 is 12.0 Å². The first-order valence-electron chi connectivity index (χ1n) is 11.3. The summed E-state index contributed by atoms with van der Waals surface area (Å²) in [7, 11) is 0. The highest BCUT2D eigenvalue weighted by Gasteiger charge is 2.30. The highest BCUT2D eigenvalue weighted by molar-refractivity contribution is 5.92. The molecule has 5 nitrogen and oxygen atoms in total. The summed E-state index contributed by atoms with van der Waals surface area (Å²) in [6, 6.07) is 21.6. The third kappa shape index (κ3) is 5.89. The lowest BCUT2D eigenvalue weighted by Gasteiger charge is -2.37. The molecule has 32 heavy (non-hydrogen) atoms. The van der Waals surface area contributed by atoms with Gasteiger partial charge in [-0.15, -0.1) is 0 Å². The number of pyridine rings is 2. The van der Waals surface area contributed by atoms with Crippen molar-refractivity contribution in [3.63, 3.8) is 0 Å². The maximum atomic E-state index is 12.9. The molecule has 3 aromatic rings. The number of carbonyl (C=O) groups excluding carboxylic acids is 1. The van der Waals surface area contributed by atoms with Crippen LogP contribution >= 0.6 is 0 Å². The molecule has 164 valence electrons. The lowest BCUT2D eigenvalue weighted by atomic mass is 9.88. The fourth-order valence-electron chi connectivity index (χ4n) is 4.44. The molecule has 1 aliphatic rings. The van der Waals surface area contributed by atoms with Crippen LogP contribution < -0.4 is 5.32 Å². The van der Waals surface area contributed by atoms with Crippen LogP contribution in [-0.2, 0) is 0 Å². The van der Waals surface area contributed by atoms with Gasteiger partial charge in [0.1, 0.15) is 5.69 Å². The molecular weight excluding hydrogens is 396 g/mol. The summed E-state index contributed by atoms with van der Waals surface area (Å²) in [6.45, 7) is 5.10. The molecule has 2 atom stereocenters. The molecule has 0 unspecified atom stereocenters. The summed E-state index contributed by atoms with van der Waals surface area (Å²) >= 11 is 0. The monoisotopic (exact) mass is 426 g/mol. The minimum absolute atomic E-state index is 0.146. The Morgan fingerprint density at radius 2 is 1.81 bits per heavy atom. The number of likely N-dealkylation sites (tertiary alicyclic amines) is 1. The van der Waals surface area contributed by atoms with Crippen LogP contribution in [0.4, 0.5) is 0 Å². The van der Waals surface area contributed by atoms with Gasteiger partial charge in [0.05, 0.1) is 11.7 Å². The standard InChI is InChI=1S/C27H30N4O/c1-21(18-22-10-3-2-4-11-22)19-31-17-9-12-23(20-31)26(24-13-5-7-15-28-24)30-27(32)25-14-6-8-16-29-25/h2-8,10-11,13-16,18,23,26H,9,12,17,19-20H2,1H3,(H,30,32)/b21-18+/t23-,26-/m0/s1. The minimum Gasteiger partial charge on any atom is -0.342 e. The first-order valence-corrected chi connectivity index (χ1v) is 11.3. The van der Waals surface area contributed by atoms with Crippen molar-refractivity contribution < 1.29 is 4.79 Å². The number of piperidine rings is 1. The molecule has 2 aromatic heterocycles. The van der Waals surface area contributed by atoms with Crippen LogP contribution in [-0.4, -0.2) is 40.4 Å². The van der Waals surface area contributed by atoms with Gasteiger partial charge in [-0.2, -0.15) is 0 Å². The van der Waals surface area contributed by atoms with Gasteiger partial charge in [0.25, 0.3) is 5.91 Å². The molecule has 0 spiro atoms. The number of hydrogen-bond acceptors (Lipinski definition) is 4. The average Bonchev–Trinajstić information content (AvgIpc) is 2.84. The van der Waals surface area contributed by atoms with Crippen LogP contribution in [0.3, 0.4) is 0 Å². The Morgan fingerprint density at radius 1 is 1.06 bits per heavy atom. The van der Waals surface area contributed by atoms with E-state index in [1.165, 1.54) is 11.1 Å². The van der Waals surface area contributed by atoms with Crippen LogP contribution in [0.15, 0.2) is 84.7 Å². The first-order chi connectivity index (χ1) is 15.7. The zero-order valence-corrected chi connectivity index (χ0v) is 18.5. The molecule has 3 heterocycles. The number of benzene rings is 1. The molecule has 1 fully saturated rings. The molecule has 1 amide bonds. The lowest BCUT2D eigenvalue weighted by molar-refractivity contribution is 0.0880. The van der Waals surface area contributed by atoms with Gasteiger partial charge in [-0.1, -0.05) is 54.1 Å². The van der Waals surface area contributed by atoms with E-state index in [9.17, 15) is 4.79 Å². The summed E-state index contributed by atoms with van der Waals surface area (Å²) < 4.78 is 0. The largest absolute Gasteiger partial charge is 0.342 e. The normalized spacial score (nSPS) is 18.2. The number of carbonyl (C=O) groups is 1. The van der Waals surface area contributed by atoms with Crippen molar-refractivity contribution in [1.29, 1.82) is 0 Å². The van der Waals surface area contributed by atoms with E-state index in [0.29, 0.717) is 5.69 Å². The highest BCUT2D eigenvalue weighted by Crippen LogP contribution is 2.29. The summed E-state index contributed by atoms with van der Waals surface area (Å²) in [5.41, 5.74) is 3.90. The van der Waals surface area contributed by atoms with Gasteiger partial charge in [0.15, 0.2) is 0 Å². The van der Waals surface area contributed by atoms with Crippen LogP contribution in [0.2, 0.25) is 0 Å². The number of nitrogens with zero attached hydrogens (tertiary/aromatic N) is 3. The maximum Gasteiger partial charge on any atom is 0.270 e. The van der Waals surface area contributed by atoms with Gasteiger partial charge >= 0.3 is 0 Å². The maximum absolute atomic E-state index is 12.9. The number of aromatic nitrogens is 2. The fraction of sp³-hybridized carbons (Fsp3) is 0.296. The Kier molecular flexibility index (Phi) is 7.41. The molecular formula is C27H30N4O. The zero-order valence-electron chi connectivity index (χ0n) is 18.5. The molecule has 0 saturated carbocycles.